The van der Waals surface area contributed by atoms with Crippen molar-refractivity contribution in [1.29, 1.82) is 0 Å². The third-order valence-electron chi connectivity index (χ3n) is 13.4. The SMILES string of the molecule is Cc1cccc(N(c2ccc3c(C(C)C)cc4c(N(c5cccc(C)c5)c5cccc6c5oc5ccccc56)ccc5c(C(C)C)cc2c3c54)c2cccc3c2oc2ccccc23)c1. The molecule has 0 aliphatic heterocycles. The van der Waals surface area contributed by atoms with Gasteiger partial charge in [0.1, 0.15) is 11.2 Å². The molecule has 0 atom stereocenters. The van der Waals surface area contributed by atoms with Gasteiger partial charge in [-0.3, -0.25) is 0 Å². The fraction of sp³-hybridized carbons (Fsp3) is 0.133. The van der Waals surface area contributed by atoms with Gasteiger partial charge >= 0.3 is 0 Å². The highest BCUT2D eigenvalue weighted by Crippen LogP contribution is 2.53. The van der Waals surface area contributed by atoms with Crippen LogP contribution in [0, 0.1) is 13.8 Å². The van der Waals surface area contributed by atoms with Crippen molar-refractivity contribution in [3.05, 3.63) is 192 Å². The van der Waals surface area contributed by atoms with Crippen molar-refractivity contribution in [3.63, 3.8) is 0 Å². The van der Waals surface area contributed by atoms with E-state index in [9.17, 15) is 0 Å². The van der Waals surface area contributed by atoms with Gasteiger partial charge in [-0.15, -0.1) is 0 Å². The van der Waals surface area contributed by atoms with Crippen LogP contribution in [-0.4, -0.2) is 0 Å². The van der Waals surface area contributed by atoms with Crippen molar-refractivity contribution < 1.29 is 8.83 Å². The number of para-hydroxylation sites is 4. The molecule has 12 rings (SSSR count). The Labute approximate surface area is 372 Å². The lowest BCUT2D eigenvalue weighted by molar-refractivity contribution is 0.669. The number of aryl methyl sites for hydroxylation is 2. The normalized spacial score (nSPS) is 12.2. The van der Waals surface area contributed by atoms with Gasteiger partial charge in [0.15, 0.2) is 11.2 Å². The Kier molecular flexibility index (Phi) is 8.64. The van der Waals surface area contributed by atoms with Crippen molar-refractivity contribution in [1.82, 2.24) is 0 Å². The minimum atomic E-state index is 0.262. The van der Waals surface area contributed by atoms with E-state index >= 15 is 0 Å². The first kappa shape index (κ1) is 38.1. The molecule has 0 aliphatic rings. The predicted molar refractivity (Wildman–Crippen MR) is 272 cm³/mol. The molecule has 2 heterocycles. The minimum absolute atomic E-state index is 0.262. The van der Waals surface area contributed by atoms with E-state index in [1.54, 1.807) is 0 Å². The molecule has 0 bridgehead atoms. The van der Waals surface area contributed by atoms with Crippen molar-refractivity contribution >= 4 is 110 Å². The highest BCUT2D eigenvalue weighted by atomic mass is 16.3. The van der Waals surface area contributed by atoms with Gasteiger partial charge < -0.3 is 18.6 Å². The summed E-state index contributed by atoms with van der Waals surface area (Å²) in [6, 6.07) is 62.0. The van der Waals surface area contributed by atoms with Gasteiger partial charge in [0.2, 0.25) is 0 Å². The standard InChI is InChI=1S/C60H48N2O2/c1-35(2)47-33-49-51(61(39-17-11-15-37(5)31-39)53-23-13-21-45-41-19-7-9-25-55(41)63-59(45)53)30-28-44-48(36(3)4)34-50-52(29-27-43(47)57(50)58(44)49)62(40-18-12-16-38(6)32-40)54-24-14-22-46-42-20-8-10-26-56(42)64-60(46)54/h7-36H,1-6H3. The van der Waals surface area contributed by atoms with Crippen molar-refractivity contribution in [2.75, 3.05) is 9.80 Å². The average Bonchev–Trinajstić information content (AvgIpc) is 3.88. The average molecular weight is 829 g/mol. The van der Waals surface area contributed by atoms with E-state index in [1.807, 2.05) is 0 Å². The van der Waals surface area contributed by atoms with Crippen LogP contribution in [0.25, 0.3) is 76.2 Å². The van der Waals surface area contributed by atoms with Crippen LogP contribution < -0.4 is 9.80 Å². The Bertz CT molecular complexity index is 3540. The van der Waals surface area contributed by atoms with Crippen LogP contribution >= 0.6 is 0 Å². The van der Waals surface area contributed by atoms with Gasteiger partial charge in [-0.05, 0) is 142 Å². The number of anilines is 6. The highest BCUT2D eigenvalue weighted by molar-refractivity contribution is 6.30. The summed E-state index contributed by atoms with van der Waals surface area (Å²) in [5, 5.41) is 12.0. The third-order valence-corrected chi connectivity index (χ3v) is 13.4. The third kappa shape index (κ3) is 5.75. The smallest absolute Gasteiger partial charge is 0.159 e. The summed E-state index contributed by atoms with van der Waals surface area (Å²) in [6.07, 6.45) is 0. The molecule has 4 nitrogen and oxygen atoms in total. The fourth-order valence-corrected chi connectivity index (χ4v) is 10.5. The van der Waals surface area contributed by atoms with E-state index in [0.29, 0.717) is 0 Å². The van der Waals surface area contributed by atoms with Crippen molar-refractivity contribution in [2.45, 2.75) is 53.4 Å². The molecule has 10 aromatic carbocycles. The first-order valence-electron chi connectivity index (χ1n) is 22.6. The lowest BCUT2D eigenvalue weighted by atomic mass is 9.83. The minimum Gasteiger partial charge on any atom is -0.454 e. The molecule has 0 amide bonds. The van der Waals surface area contributed by atoms with Crippen molar-refractivity contribution in [2.24, 2.45) is 0 Å². The first-order chi connectivity index (χ1) is 31.2. The van der Waals surface area contributed by atoms with Crippen LogP contribution in [0.4, 0.5) is 34.1 Å². The molecule has 0 N–H and O–H groups in total. The van der Waals surface area contributed by atoms with Crippen LogP contribution in [0.15, 0.2) is 179 Å². The van der Waals surface area contributed by atoms with Crippen LogP contribution in [0.5, 0.6) is 0 Å². The lowest BCUT2D eigenvalue weighted by Gasteiger charge is -2.31. The van der Waals surface area contributed by atoms with E-state index in [-0.39, 0.29) is 11.8 Å². The summed E-state index contributed by atoms with van der Waals surface area (Å²) in [5.41, 5.74) is 15.0. The maximum atomic E-state index is 6.80. The maximum absolute atomic E-state index is 6.80. The molecule has 12 aromatic rings. The summed E-state index contributed by atoms with van der Waals surface area (Å²) >= 11 is 0. The predicted octanol–water partition coefficient (Wildman–Crippen LogP) is 18.2. The second kappa shape index (κ2) is 14.5. The Morgan fingerprint density at radius 3 is 1.17 bits per heavy atom. The molecule has 0 saturated heterocycles. The molecule has 0 radical (unpaired) electrons. The van der Waals surface area contributed by atoms with Gasteiger partial charge in [0, 0.05) is 43.7 Å². The molecule has 4 heteroatoms. The summed E-state index contributed by atoms with van der Waals surface area (Å²) in [6.45, 7) is 13.7. The second-order valence-electron chi connectivity index (χ2n) is 18.2. The van der Waals surface area contributed by atoms with Crippen molar-refractivity contribution in [3.8, 4) is 0 Å². The van der Waals surface area contributed by atoms with Gasteiger partial charge in [-0.2, -0.15) is 0 Å². The number of fused-ring (bicyclic) bond motifs is 6. The van der Waals surface area contributed by atoms with Gasteiger partial charge in [-0.1, -0.05) is 125 Å². The zero-order chi connectivity index (χ0) is 43.4. The molecule has 0 spiro atoms. The first-order valence-corrected chi connectivity index (χ1v) is 22.6. The van der Waals surface area contributed by atoms with Crippen LogP contribution in [0.1, 0.15) is 61.8 Å². The van der Waals surface area contributed by atoms with E-state index in [4.69, 9.17) is 8.83 Å². The van der Waals surface area contributed by atoms with Crippen LogP contribution in [0.2, 0.25) is 0 Å². The van der Waals surface area contributed by atoms with E-state index in [1.165, 1.54) is 54.6 Å². The molecular weight excluding hydrogens is 781 g/mol. The molecule has 0 unspecified atom stereocenters. The Hall–Kier alpha value is -7.56. The number of furan rings is 2. The quantitative estimate of drug-likeness (QED) is 0.143. The summed E-state index contributed by atoms with van der Waals surface area (Å²) in [4.78, 5) is 4.87. The number of nitrogens with zero attached hydrogens (tertiary/aromatic N) is 2. The number of rotatable bonds is 8. The van der Waals surface area contributed by atoms with E-state index in [0.717, 1.165) is 78.0 Å². The summed E-state index contributed by atoms with van der Waals surface area (Å²) < 4.78 is 13.6. The zero-order valence-electron chi connectivity index (χ0n) is 37.0. The largest absolute Gasteiger partial charge is 0.454 e. The molecule has 64 heavy (non-hydrogen) atoms. The monoisotopic (exact) mass is 828 g/mol. The second-order valence-corrected chi connectivity index (χ2v) is 18.2. The molecule has 0 fully saturated rings. The Morgan fingerprint density at radius 1 is 0.344 bits per heavy atom. The number of hydrogen-bond acceptors (Lipinski definition) is 4. The number of benzene rings is 10. The lowest BCUT2D eigenvalue weighted by Crippen LogP contribution is -2.13. The molecule has 2 aromatic heterocycles. The summed E-state index contributed by atoms with van der Waals surface area (Å²) in [7, 11) is 0. The van der Waals surface area contributed by atoms with E-state index in [2.05, 4.69) is 221 Å². The highest BCUT2D eigenvalue weighted by Gasteiger charge is 2.28. The van der Waals surface area contributed by atoms with Gasteiger partial charge in [-0.25, -0.2) is 0 Å². The molecule has 0 saturated carbocycles. The Balaban J connectivity index is 1.22. The zero-order valence-corrected chi connectivity index (χ0v) is 37.0. The topological polar surface area (TPSA) is 32.8 Å². The molecule has 0 aliphatic carbocycles. The van der Waals surface area contributed by atoms with Crippen LogP contribution in [-0.2, 0) is 0 Å². The van der Waals surface area contributed by atoms with E-state index < -0.39 is 0 Å². The van der Waals surface area contributed by atoms with Gasteiger partial charge in [0.05, 0.1) is 22.7 Å². The molecule has 310 valence electrons. The Morgan fingerprint density at radius 2 is 0.750 bits per heavy atom. The maximum Gasteiger partial charge on any atom is 0.159 e. The fourth-order valence-electron chi connectivity index (χ4n) is 10.5. The number of hydrogen-bond donors (Lipinski definition) is 0. The summed E-state index contributed by atoms with van der Waals surface area (Å²) in [5.74, 6) is 0.525. The molecular formula is C60H48N2O2. The van der Waals surface area contributed by atoms with Crippen LogP contribution in [0.3, 0.4) is 0 Å². The van der Waals surface area contributed by atoms with Gasteiger partial charge in [0.25, 0.3) is 0 Å².